The minimum Gasteiger partial charge on any atom is -0.355 e. The number of nitrogens with zero attached hydrogens (tertiary/aromatic N) is 3. The van der Waals surface area contributed by atoms with Crippen molar-refractivity contribution in [3.8, 4) is 0 Å². The molecule has 2 aromatic rings. The maximum Gasteiger partial charge on any atom is 0.222 e. The molecule has 1 aromatic heterocycles. The first kappa shape index (κ1) is 16.2. The molecule has 0 saturated carbocycles. The van der Waals surface area contributed by atoms with Gasteiger partial charge in [0.1, 0.15) is 0 Å². The number of hydrogen-bond acceptors (Lipinski definition) is 5. The van der Waals surface area contributed by atoms with E-state index in [-0.39, 0.29) is 11.8 Å². The molecule has 1 fully saturated rings. The van der Waals surface area contributed by atoms with E-state index in [1.807, 2.05) is 19.9 Å². The maximum atomic E-state index is 11.6. The third-order valence-corrected chi connectivity index (χ3v) is 5.27. The standard InChI is InChI=1S/C17H24N4OS/c1-13(2)16(22)18-7-8-20-9-11-21(12-10-20)17-19-14-5-3-4-6-15(14)23-17/h3-6,13H,7-12H2,1-2H3,(H,18,22). The fourth-order valence-electron chi connectivity index (χ4n) is 2.70. The van der Waals surface area contributed by atoms with Crippen molar-refractivity contribution in [2.75, 3.05) is 44.2 Å². The topological polar surface area (TPSA) is 48.5 Å². The van der Waals surface area contributed by atoms with Gasteiger partial charge in [0.25, 0.3) is 0 Å². The zero-order chi connectivity index (χ0) is 16.2. The van der Waals surface area contributed by atoms with Gasteiger partial charge in [-0.25, -0.2) is 4.98 Å². The summed E-state index contributed by atoms with van der Waals surface area (Å²) in [5.41, 5.74) is 1.09. The summed E-state index contributed by atoms with van der Waals surface area (Å²) < 4.78 is 1.25. The summed E-state index contributed by atoms with van der Waals surface area (Å²) in [5.74, 6) is 0.198. The van der Waals surface area contributed by atoms with Crippen LogP contribution in [0, 0.1) is 5.92 Å². The van der Waals surface area contributed by atoms with Gasteiger partial charge in [0.15, 0.2) is 5.13 Å². The fraction of sp³-hybridized carbons (Fsp3) is 0.529. The molecule has 0 radical (unpaired) electrons. The van der Waals surface area contributed by atoms with Crippen molar-refractivity contribution < 1.29 is 4.79 Å². The molecule has 1 N–H and O–H groups in total. The Bertz CT molecular complexity index is 628. The van der Waals surface area contributed by atoms with Crippen molar-refractivity contribution in [3.63, 3.8) is 0 Å². The van der Waals surface area contributed by atoms with E-state index in [4.69, 9.17) is 4.98 Å². The van der Waals surface area contributed by atoms with E-state index in [1.54, 1.807) is 11.3 Å². The van der Waals surface area contributed by atoms with Crippen LogP contribution in [0.1, 0.15) is 13.8 Å². The molecule has 3 rings (SSSR count). The zero-order valence-corrected chi connectivity index (χ0v) is 14.6. The summed E-state index contributed by atoms with van der Waals surface area (Å²) in [5, 5.41) is 4.11. The fourth-order valence-corrected chi connectivity index (χ4v) is 3.72. The Morgan fingerprint density at radius 1 is 1.26 bits per heavy atom. The van der Waals surface area contributed by atoms with E-state index in [9.17, 15) is 4.79 Å². The molecule has 2 heterocycles. The molecule has 0 bridgehead atoms. The number of aromatic nitrogens is 1. The average Bonchev–Trinajstić information content (AvgIpc) is 2.99. The molecule has 6 heteroatoms. The summed E-state index contributed by atoms with van der Waals surface area (Å²) in [4.78, 5) is 21.1. The quantitative estimate of drug-likeness (QED) is 0.912. The number of anilines is 1. The Morgan fingerprint density at radius 2 is 2.00 bits per heavy atom. The second-order valence-electron chi connectivity index (χ2n) is 6.24. The zero-order valence-electron chi connectivity index (χ0n) is 13.8. The monoisotopic (exact) mass is 332 g/mol. The highest BCUT2D eigenvalue weighted by Gasteiger charge is 2.19. The van der Waals surface area contributed by atoms with Crippen LogP contribution in [0.4, 0.5) is 5.13 Å². The number of rotatable bonds is 5. The molecule has 124 valence electrons. The first-order valence-electron chi connectivity index (χ1n) is 8.24. The van der Waals surface area contributed by atoms with Gasteiger partial charge in [-0.2, -0.15) is 0 Å². The van der Waals surface area contributed by atoms with Gasteiger partial charge in [0.2, 0.25) is 5.91 Å². The highest BCUT2D eigenvalue weighted by molar-refractivity contribution is 7.22. The minimum absolute atomic E-state index is 0.0610. The number of carbonyl (C=O) groups is 1. The van der Waals surface area contributed by atoms with Gasteiger partial charge < -0.3 is 10.2 Å². The third-order valence-electron chi connectivity index (χ3n) is 4.18. The summed E-state index contributed by atoms with van der Waals surface area (Å²) in [6.45, 7) is 9.54. The Kier molecular flexibility index (Phi) is 5.13. The van der Waals surface area contributed by atoms with Crippen LogP contribution in [0.2, 0.25) is 0 Å². The van der Waals surface area contributed by atoms with Gasteiger partial charge in [0, 0.05) is 45.2 Å². The van der Waals surface area contributed by atoms with E-state index in [0.717, 1.165) is 49.9 Å². The molecule has 1 amide bonds. The van der Waals surface area contributed by atoms with Crippen molar-refractivity contribution in [1.29, 1.82) is 0 Å². The lowest BCUT2D eigenvalue weighted by molar-refractivity contribution is -0.124. The van der Waals surface area contributed by atoms with E-state index >= 15 is 0 Å². The smallest absolute Gasteiger partial charge is 0.222 e. The predicted molar refractivity (Wildman–Crippen MR) is 96.1 cm³/mol. The molecule has 23 heavy (non-hydrogen) atoms. The van der Waals surface area contributed by atoms with E-state index < -0.39 is 0 Å². The number of benzene rings is 1. The molecule has 1 aliphatic heterocycles. The van der Waals surface area contributed by atoms with Crippen LogP contribution in [0.5, 0.6) is 0 Å². The third kappa shape index (κ3) is 4.00. The van der Waals surface area contributed by atoms with E-state index in [2.05, 4.69) is 33.3 Å². The second-order valence-corrected chi connectivity index (χ2v) is 7.25. The molecular formula is C17H24N4OS. The van der Waals surface area contributed by atoms with Gasteiger partial charge >= 0.3 is 0 Å². The van der Waals surface area contributed by atoms with Crippen LogP contribution in [-0.2, 0) is 4.79 Å². The lowest BCUT2D eigenvalue weighted by Gasteiger charge is -2.34. The Balaban J connectivity index is 1.47. The van der Waals surface area contributed by atoms with Gasteiger partial charge in [0.05, 0.1) is 10.2 Å². The molecule has 1 saturated heterocycles. The van der Waals surface area contributed by atoms with Crippen molar-refractivity contribution in [2.24, 2.45) is 5.92 Å². The number of amides is 1. The van der Waals surface area contributed by atoms with Crippen LogP contribution in [0.3, 0.4) is 0 Å². The first-order valence-corrected chi connectivity index (χ1v) is 9.06. The number of fused-ring (bicyclic) bond motifs is 1. The summed E-state index contributed by atoms with van der Waals surface area (Å²) in [6.07, 6.45) is 0. The highest BCUT2D eigenvalue weighted by Crippen LogP contribution is 2.28. The van der Waals surface area contributed by atoms with Gasteiger partial charge in [-0.05, 0) is 12.1 Å². The van der Waals surface area contributed by atoms with Gasteiger partial charge in [-0.1, -0.05) is 37.3 Å². The maximum absolute atomic E-state index is 11.6. The number of piperazine rings is 1. The van der Waals surface area contributed by atoms with Crippen LogP contribution >= 0.6 is 11.3 Å². The minimum atomic E-state index is 0.0610. The second kappa shape index (κ2) is 7.27. The Hall–Kier alpha value is -1.66. The van der Waals surface area contributed by atoms with E-state index in [1.165, 1.54) is 4.70 Å². The number of nitrogens with one attached hydrogen (secondary N) is 1. The molecule has 1 aromatic carbocycles. The number of carbonyl (C=O) groups excluding carboxylic acids is 1. The van der Waals surface area contributed by atoms with Gasteiger partial charge in [-0.3, -0.25) is 9.69 Å². The summed E-state index contributed by atoms with van der Waals surface area (Å²) in [6, 6.07) is 8.30. The SMILES string of the molecule is CC(C)C(=O)NCCN1CCN(c2nc3ccccc3s2)CC1. The van der Waals surface area contributed by atoms with Crippen molar-refractivity contribution in [1.82, 2.24) is 15.2 Å². The van der Waals surface area contributed by atoms with Gasteiger partial charge in [-0.15, -0.1) is 0 Å². The van der Waals surface area contributed by atoms with Crippen molar-refractivity contribution in [2.45, 2.75) is 13.8 Å². The first-order chi connectivity index (χ1) is 11.1. The van der Waals surface area contributed by atoms with Crippen LogP contribution < -0.4 is 10.2 Å². The summed E-state index contributed by atoms with van der Waals surface area (Å²) in [7, 11) is 0. The van der Waals surface area contributed by atoms with Crippen LogP contribution in [0.15, 0.2) is 24.3 Å². The molecule has 0 aliphatic carbocycles. The lowest BCUT2D eigenvalue weighted by Crippen LogP contribution is -2.48. The largest absolute Gasteiger partial charge is 0.355 e. The number of thiazole rings is 1. The van der Waals surface area contributed by atoms with Crippen LogP contribution in [0.25, 0.3) is 10.2 Å². The molecular weight excluding hydrogens is 308 g/mol. The molecule has 1 aliphatic rings. The number of hydrogen-bond donors (Lipinski definition) is 1. The lowest BCUT2D eigenvalue weighted by atomic mass is 10.2. The molecule has 0 atom stereocenters. The summed E-state index contributed by atoms with van der Waals surface area (Å²) >= 11 is 1.77. The average molecular weight is 332 g/mol. The molecule has 0 spiro atoms. The molecule has 0 unspecified atom stereocenters. The van der Waals surface area contributed by atoms with Crippen molar-refractivity contribution >= 4 is 32.6 Å². The van der Waals surface area contributed by atoms with Crippen molar-refractivity contribution in [3.05, 3.63) is 24.3 Å². The predicted octanol–water partition coefficient (Wildman–Crippen LogP) is 2.19. The normalized spacial score (nSPS) is 16.2. The van der Waals surface area contributed by atoms with E-state index in [0.29, 0.717) is 0 Å². The van der Waals surface area contributed by atoms with Crippen LogP contribution in [-0.4, -0.2) is 55.1 Å². The Morgan fingerprint density at radius 3 is 2.70 bits per heavy atom. The Labute approximate surface area is 141 Å². The number of para-hydroxylation sites is 1. The highest BCUT2D eigenvalue weighted by atomic mass is 32.1. The molecule has 5 nitrogen and oxygen atoms in total.